The van der Waals surface area contributed by atoms with E-state index < -0.39 is 66.2 Å². The molecule has 0 aliphatic carbocycles. The Labute approximate surface area is 219 Å². The highest BCUT2D eigenvalue weighted by atomic mass is 16.4. The summed E-state index contributed by atoms with van der Waals surface area (Å²) in [6.07, 6.45) is 2.50. The van der Waals surface area contributed by atoms with Crippen molar-refractivity contribution in [3.8, 4) is 0 Å². The molecule has 0 saturated heterocycles. The SMILES string of the molecule is CC(C)C(NC(=O)C(N)CCCN=C(N)N)C(=O)NC(CCC(=O)O)C(=O)NC(Cc1cnc[nH]1)C(=O)O. The van der Waals surface area contributed by atoms with Gasteiger partial charge < -0.3 is 48.3 Å². The first-order chi connectivity index (χ1) is 17.8. The van der Waals surface area contributed by atoms with Crippen LogP contribution in [-0.4, -0.2) is 86.5 Å². The number of aromatic nitrogens is 2. The zero-order valence-corrected chi connectivity index (χ0v) is 21.3. The number of nitrogens with two attached hydrogens (primary N) is 3. The Morgan fingerprint density at radius 3 is 2.18 bits per heavy atom. The molecular weight excluding hydrogens is 502 g/mol. The summed E-state index contributed by atoms with van der Waals surface area (Å²) >= 11 is 0. The molecule has 1 heterocycles. The molecule has 0 aromatic carbocycles. The van der Waals surface area contributed by atoms with Crippen LogP contribution in [0, 0.1) is 5.92 Å². The lowest BCUT2D eigenvalue weighted by molar-refractivity contribution is -0.143. The number of guanidine groups is 1. The van der Waals surface area contributed by atoms with Gasteiger partial charge in [0.25, 0.3) is 0 Å². The first-order valence-electron chi connectivity index (χ1n) is 12.0. The maximum Gasteiger partial charge on any atom is 0.326 e. The highest BCUT2D eigenvalue weighted by Crippen LogP contribution is 2.08. The molecule has 16 heteroatoms. The number of carbonyl (C=O) groups excluding carboxylic acids is 3. The molecule has 212 valence electrons. The van der Waals surface area contributed by atoms with Crippen molar-refractivity contribution < 1.29 is 34.2 Å². The largest absolute Gasteiger partial charge is 0.481 e. The average Bonchev–Trinajstić information content (AvgIpc) is 3.34. The molecule has 0 spiro atoms. The second-order valence-electron chi connectivity index (χ2n) is 8.96. The summed E-state index contributed by atoms with van der Waals surface area (Å²) in [6.45, 7) is 3.59. The minimum atomic E-state index is -1.38. The monoisotopic (exact) mass is 539 g/mol. The number of aromatic amines is 1. The lowest BCUT2D eigenvalue weighted by Gasteiger charge is -2.27. The number of rotatable bonds is 17. The Hall–Kier alpha value is -4.21. The minimum Gasteiger partial charge on any atom is -0.481 e. The number of hydrogen-bond acceptors (Lipinski definition) is 8. The van der Waals surface area contributed by atoms with Gasteiger partial charge in [-0.05, 0) is 25.2 Å². The summed E-state index contributed by atoms with van der Waals surface area (Å²) in [6, 6.07) is -4.81. The molecule has 0 bridgehead atoms. The van der Waals surface area contributed by atoms with E-state index in [9.17, 15) is 29.1 Å². The van der Waals surface area contributed by atoms with E-state index in [0.717, 1.165) is 0 Å². The second kappa shape index (κ2) is 15.8. The Balaban J connectivity index is 2.91. The molecule has 12 N–H and O–H groups in total. The molecule has 4 atom stereocenters. The van der Waals surface area contributed by atoms with Crippen molar-refractivity contribution in [2.45, 2.75) is 70.1 Å². The third-order valence-electron chi connectivity index (χ3n) is 5.42. The Kier molecular flexibility index (Phi) is 13.2. The molecule has 38 heavy (non-hydrogen) atoms. The van der Waals surface area contributed by atoms with Crippen LogP contribution in [0.5, 0.6) is 0 Å². The highest BCUT2D eigenvalue weighted by Gasteiger charge is 2.32. The van der Waals surface area contributed by atoms with Crippen LogP contribution in [-0.2, 0) is 30.4 Å². The summed E-state index contributed by atoms with van der Waals surface area (Å²) in [5, 5.41) is 25.9. The van der Waals surface area contributed by atoms with Gasteiger partial charge in [-0.1, -0.05) is 13.8 Å². The van der Waals surface area contributed by atoms with Gasteiger partial charge in [-0.3, -0.25) is 24.2 Å². The molecule has 0 saturated carbocycles. The molecular formula is C22H37N9O7. The molecule has 1 aromatic heterocycles. The fourth-order valence-corrected chi connectivity index (χ4v) is 3.33. The van der Waals surface area contributed by atoms with E-state index in [1.54, 1.807) is 13.8 Å². The van der Waals surface area contributed by atoms with E-state index in [1.807, 2.05) is 0 Å². The number of imidazole rings is 1. The number of aliphatic carboxylic acids is 2. The molecule has 0 aliphatic rings. The van der Waals surface area contributed by atoms with Gasteiger partial charge in [0.1, 0.15) is 18.1 Å². The predicted molar refractivity (Wildman–Crippen MR) is 135 cm³/mol. The average molecular weight is 540 g/mol. The van der Waals surface area contributed by atoms with E-state index in [2.05, 4.69) is 30.9 Å². The van der Waals surface area contributed by atoms with E-state index in [-0.39, 0.29) is 31.8 Å². The van der Waals surface area contributed by atoms with Crippen molar-refractivity contribution >= 4 is 35.6 Å². The van der Waals surface area contributed by atoms with Crippen molar-refractivity contribution in [2.24, 2.45) is 28.1 Å². The Morgan fingerprint density at radius 2 is 1.66 bits per heavy atom. The quantitative estimate of drug-likeness (QED) is 0.0561. The van der Waals surface area contributed by atoms with Crippen LogP contribution >= 0.6 is 0 Å². The number of hydrogen-bond donors (Lipinski definition) is 9. The number of carbonyl (C=O) groups is 5. The summed E-state index contributed by atoms with van der Waals surface area (Å²) in [5.74, 6) is -5.33. The maximum atomic E-state index is 13.0. The van der Waals surface area contributed by atoms with E-state index in [0.29, 0.717) is 12.1 Å². The van der Waals surface area contributed by atoms with E-state index >= 15 is 0 Å². The maximum absolute atomic E-state index is 13.0. The molecule has 16 nitrogen and oxygen atoms in total. The first-order valence-corrected chi connectivity index (χ1v) is 12.0. The van der Waals surface area contributed by atoms with Gasteiger partial charge in [-0.25, -0.2) is 9.78 Å². The number of nitrogens with zero attached hydrogens (tertiary/aromatic N) is 2. The normalized spacial score (nSPS) is 14.0. The summed E-state index contributed by atoms with van der Waals surface area (Å²) in [5.41, 5.74) is 16.9. The van der Waals surface area contributed by atoms with Crippen LogP contribution in [0.2, 0.25) is 0 Å². The summed E-state index contributed by atoms with van der Waals surface area (Å²) < 4.78 is 0. The van der Waals surface area contributed by atoms with Gasteiger partial charge in [0, 0.05) is 31.3 Å². The van der Waals surface area contributed by atoms with Crippen molar-refractivity contribution in [1.29, 1.82) is 0 Å². The lowest BCUT2D eigenvalue weighted by atomic mass is 10.0. The molecule has 1 rings (SSSR count). The Bertz CT molecular complexity index is 978. The molecule has 1 aromatic rings. The first kappa shape index (κ1) is 31.8. The standard InChI is InChI=1S/C22H37N9O7/c1-11(2)17(31-18(34)13(23)4-3-7-27-22(24)25)20(36)29-14(5-6-16(32)33)19(35)30-15(21(37)38)8-12-9-26-10-28-12/h9-11,13-15,17H,3-8,23H2,1-2H3,(H,26,28)(H,29,36)(H,30,35)(H,31,34)(H,32,33)(H,37,38)(H4,24,25,27). The van der Waals surface area contributed by atoms with Crippen LogP contribution in [0.3, 0.4) is 0 Å². The van der Waals surface area contributed by atoms with Crippen molar-refractivity contribution in [3.05, 3.63) is 18.2 Å². The zero-order valence-electron chi connectivity index (χ0n) is 21.3. The molecule has 0 aliphatic heterocycles. The number of H-pyrrole nitrogens is 1. The molecule has 0 fully saturated rings. The molecule has 0 radical (unpaired) electrons. The van der Waals surface area contributed by atoms with Crippen molar-refractivity contribution in [1.82, 2.24) is 25.9 Å². The van der Waals surface area contributed by atoms with Gasteiger partial charge in [-0.15, -0.1) is 0 Å². The molecule has 3 amide bonds. The van der Waals surface area contributed by atoms with Crippen LogP contribution in [0.15, 0.2) is 17.5 Å². The highest BCUT2D eigenvalue weighted by molar-refractivity contribution is 5.94. The number of amides is 3. The number of nitrogens with one attached hydrogen (secondary N) is 4. The fourth-order valence-electron chi connectivity index (χ4n) is 3.33. The van der Waals surface area contributed by atoms with Gasteiger partial charge in [0.05, 0.1) is 12.4 Å². The van der Waals surface area contributed by atoms with Gasteiger partial charge in [-0.2, -0.15) is 0 Å². The van der Waals surface area contributed by atoms with Crippen LogP contribution in [0.1, 0.15) is 45.2 Å². The minimum absolute atomic E-state index is 0.0861. The topological polar surface area (TPSA) is 281 Å². The van der Waals surface area contributed by atoms with Crippen LogP contribution < -0.4 is 33.2 Å². The smallest absolute Gasteiger partial charge is 0.326 e. The van der Waals surface area contributed by atoms with Crippen LogP contribution in [0.25, 0.3) is 0 Å². The van der Waals surface area contributed by atoms with Gasteiger partial charge >= 0.3 is 11.9 Å². The van der Waals surface area contributed by atoms with Crippen molar-refractivity contribution in [3.63, 3.8) is 0 Å². The predicted octanol–water partition coefficient (Wildman–Crippen LogP) is -2.61. The van der Waals surface area contributed by atoms with Crippen LogP contribution in [0.4, 0.5) is 0 Å². The van der Waals surface area contributed by atoms with E-state index in [4.69, 9.17) is 22.3 Å². The Morgan fingerprint density at radius 1 is 1.00 bits per heavy atom. The summed E-state index contributed by atoms with van der Waals surface area (Å²) in [4.78, 5) is 71.6. The van der Waals surface area contributed by atoms with Gasteiger partial charge in [0.2, 0.25) is 17.7 Å². The second-order valence-corrected chi connectivity index (χ2v) is 8.96. The fraction of sp³-hybridized carbons (Fsp3) is 0.591. The number of carboxylic acid groups (broad SMARTS) is 2. The zero-order chi connectivity index (χ0) is 28.8. The van der Waals surface area contributed by atoms with Gasteiger partial charge in [0.15, 0.2) is 5.96 Å². The third-order valence-corrected chi connectivity index (χ3v) is 5.42. The summed E-state index contributed by atoms with van der Waals surface area (Å²) in [7, 11) is 0. The number of aliphatic imine (C=N–C) groups is 1. The third kappa shape index (κ3) is 11.7. The van der Waals surface area contributed by atoms with Crippen molar-refractivity contribution in [2.75, 3.05) is 6.54 Å². The lowest BCUT2D eigenvalue weighted by Crippen LogP contribution is -2.58. The molecule has 4 unspecified atom stereocenters. The van der Waals surface area contributed by atoms with E-state index in [1.165, 1.54) is 12.5 Å². The number of carboxylic acids is 2.